The Bertz CT molecular complexity index is 348. The van der Waals surface area contributed by atoms with Crippen molar-refractivity contribution in [3.63, 3.8) is 0 Å². The molecule has 1 aliphatic rings. The second kappa shape index (κ2) is 3.34. The Morgan fingerprint density at radius 2 is 2.20 bits per heavy atom. The Balaban J connectivity index is 2.32. The number of fused-ring (bicyclic) bond motifs is 1. The van der Waals surface area contributed by atoms with Crippen LogP contribution in [0.15, 0.2) is 12.3 Å². The van der Waals surface area contributed by atoms with Gasteiger partial charge in [-0.15, -0.1) is 0 Å². The fourth-order valence-corrected chi connectivity index (χ4v) is 2.10. The van der Waals surface area contributed by atoms with Gasteiger partial charge in [-0.2, -0.15) is 5.10 Å². The topological polar surface area (TPSA) is 29.9 Å². The van der Waals surface area contributed by atoms with Gasteiger partial charge >= 0.3 is 0 Å². The van der Waals surface area contributed by atoms with Crippen molar-refractivity contribution in [2.75, 3.05) is 6.54 Å². The average molecular weight is 207 g/mol. The van der Waals surface area contributed by atoms with Gasteiger partial charge in [-0.1, -0.05) is 20.8 Å². The quantitative estimate of drug-likeness (QED) is 0.703. The van der Waals surface area contributed by atoms with Crippen molar-refractivity contribution in [1.29, 1.82) is 0 Å². The van der Waals surface area contributed by atoms with Gasteiger partial charge in [0.05, 0.1) is 6.54 Å². The van der Waals surface area contributed by atoms with Crippen molar-refractivity contribution in [3.05, 3.63) is 18.0 Å². The summed E-state index contributed by atoms with van der Waals surface area (Å²) in [6.45, 7) is 11.2. The third kappa shape index (κ3) is 1.81. The molecule has 1 aromatic heterocycles. The Morgan fingerprint density at radius 3 is 2.87 bits per heavy atom. The fraction of sp³-hybridized carbons (Fsp3) is 0.750. The second-order valence-corrected chi connectivity index (χ2v) is 5.73. The lowest BCUT2D eigenvalue weighted by Gasteiger charge is -2.42. The predicted octanol–water partition coefficient (Wildman–Crippen LogP) is 1.83. The lowest BCUT2D eigenvalue weighted by molar-refractivity contribution is 0.160. The Morgan fingerprint density at radius 1 is 1.47 bits per heavy atom. The van der Waals surface area contributed by atoms with Crippen LogP contribution < -0.4 is 5.32 Å². The molecule has 15 heavy (non-hydrogen) atoms. The highest BCUT2D eigenvalue weighted by Gasteiger charge is 2.38. The van der Waals surface area contributed by atoms with Gasteiger partial charge in [0, 0.05) is 30.4 Å². The van der Waals surface area contributed by atoms with E-state index in [2.05, 4.69) is 48.9 Å². The highest BCUT2D eigenvalue weighted by Crippen LogP contribution is 2.33. The minimum atomic E-state index is 0.154. The van der Waals surface area contributed by atoms with E-state index < -0.39 is 0 Å². The van der Waals surface area contributed by atoms with E-state index in [1.54, 1.807) is 0 Å². The Kier molecular flexibility index (Phi) is 2.38. The molecule has 0 saturated carbocycles. The molecular formula is C12H21N3. The Labute approximate surface area is 91.9 Å². The highest BCUT2D eigenvalue weighted by molar-refractivity contribution is 5.11. The molecule has 1 atom stereocenters. The molecule has 0 bridgehead atoms. The van der Waals surface area contributed by atoms with Crippen LogP contribution in [0.25, 0.3) is 0 Å². The van der Waals surface area contributed by atoms with Crippen molar-refractivity contribution in [2.45, 2.75) is 46.2 Å². The minimum absolute atomic E-state index is 0.154. The summed E-state index contributed by atoms with van der Waals surface area (Å²) in [5, 5.41) is 8.01. The van der Waals surface area contributed by atoms with Crippen LogP contribution in [-0.2, 0) is 13.0 Å². The molecule has 3 heteroatoms. The summed E-state index contributed by atoms with van der Waals surface area (Å²) in [5.41, 5.74) is 1.76. The van der Waals surface area contributed by atoms with E-state index in [0.717, 1.165) is 19.5 Å². The van der Waals surface area contributed by atoms with E-state index >= 15 is 0 Å². The van der Waals surface area contributed by atoms with Crippen LogP contribution in [-0.4, -0.2) is 21.9 Å². The van der Waals surface area contributed by atoms with E-state index in [-0.39, 0.29) is 11.0 Å². The molecule has 3 nitrogen and oxygen atoms in total. The van der Waals surface area contributed by atoms with Crippen LogP contribution in [0.3, 0.4) is 0 Å². The van der Waals surface area contributed by atoms with Crippen molar-refractivity contribution >= 4 is 0 Å². The van der Waals surface area contributed by atoms with E-state index in [0.29, 0.717) is 0 Å². The molecule has 1 aromatic rings. The number of nitrogens with zero attached hydrogens (tertiary/aromatic N) is 2. The van der Waals surface area contributed by atoms with Gasteiger partial charge in [0.1, 0.15) is 0 Å². The van der Waals surface area contributed by atoms with Crippen molar-refractivity contribution < 1.29 is 0 Å². The largest absolute Gasteiger partial charge is 0.309 e. The van der Waals surface area contributed by atoms with Crippen molar-refractivity contribution in [2.24, 2.45) is 5.41 Å². The van der Waals surface area contributed by atoms with Crippen LogP contribution in [0.1, 0.15) is 33.4 Å². The fourth-order valence-electron chi connectivity index (χ4n) is 2.10. The number of hydrogen-bond donors (Lipinski definition) is 1. The molecule has 2 rings (SSSR count). The summed E-state index contributed by atoms with van der Waals surface area (Å²) in [6, 6.07) is 2.14. The maximum absolute atomic E-state index is 4.34. The third-order valence-electron chi connectivity index (χ3n) is 3.83. The standard InChI is InChI=1S/C12H21N3/c1-11(2,3)12(4)9-10-5-6-14-15(10)8-7-13-12/h5-6,13H,7-9H2,1-4H3. The van der Waals surface area contributed by atoms with Crippen LogP contribution in [0, 0.1) is 5.41 Å². The Hall–Kier alpha value is -0.830. The molecule has 0 aromatic carbocycles. The first kappa shape index (κ1) is 10.7. The molecule has 0 radical (unpaired) electrons. The molecule has 0 spiro atoms. The normalized spacial score (nSPS) is 27.2. The molecule has 0 aliphatic carbocycles. The molecule has 1 unspecified atom stereocenters. The number of nitrogens with one attached hydrogen (secondary N) is 1. The van der Waals surface area contributed by atoms with Crippen LogP contribution in [0.4, 0.5) is 0 Å². The monoisotopic (exact) mass is 207 g/mol. The van der Waals surface area contributed by atoms with E-state index in [9.17, 15) is 0 Å². The average Bonchev–Trinajstić information content (AvgIpc) is 2.45. The van der Waals surface area contributed by atoms with E-state index in [4.69, 9.17) is 0 Å². The van der Waals surface area contributed by atoms with E-state index in [1.807, 2.05) is 6.20 Å². The number of hydrogen-bond acceptors (Lipinski definition) is 2. The van der Waals surface area contributed by atoms with Crippen LogP contribution in [0.2, 0.25) is 0 Å². The first-order chi connectivity index (χ1) is 6.92. The van der Waals surface area contributed by atoms with Gasteiger partial charge in [0.2, 0.25) is 0 Å². The van der Waals surface area contributed by atoms with Crippen molar-refractivity contribution in [1.82, 2.24) is 15.1 Å². The van der Waals surface area contributed by atoms with Gasteiger partial charge in [-0.05, 0) is 18.4 Å². The zero-order valence-corrected chi connectivity index (χ0v) is 10.2. The SMILES string of the molecule is CC(C)(C)C1(C)Cc2ccnn2CCN1. The van der Waals surface area contributed by atoms with Crippen LogP contribution >= 0.6 is 0 Å². The summed E-state index contributed by atoms with van der Waals surface area (Å²) in [6.07, 6.45) is 2.96. The molecule has 0 saturated heterocycles. The van der Waals surface area contributed by atoms with Crippen LogP contribution in [0.5, 0.6) is 0 Å². The zero-order valence-electron chi connectivity index (χ0n) is 10.2. The predicted molar refractivity (Wildman–Crippen MR) is 61.8 cm³/mol. The molecule has 1 N–H and O–H groups in total. The summed E-state index contributed by atoms with van der Waals surface area (Å²) >= 11 is 0. The lowest BCUT2D eigenvalue weighted by atomic mass is 9.72. The molecule has 1 aliphatic heterocycles. The second-order valence-electron chi connectivity index (χ2n) is 5.73. The molecule has 0 amide bonds. The molecule has 2 heterocycles. The van der Waals surface area contributed by atoms with E-state index in [1.165, 1.54) is 5.69 Å². The molecule has 0 fully saturated rings. The third-order valence-corrected chi connectivity index (χ3v) is 3.83. The summed E-state index contributed by atoms with van der Waals surface area (Å²) < 4.78 is 2.12. The number of rotatable bonds is 0. The summed E-state index contributed by atoms with van der Waals surface area (Å²) in [4.78, 5) is 0. The number of aromatic nitrogens is 2. The van der Waals surface area contributed by atoms with Gasteiger partial charge in [0.15, 0.2) is 0 Å². The summed E-state index contributed by atoms with van der Waals surface area (Å²) in [5.74, 6) is 0. The molecule has 84 valence electrons. The lowest BCUT2D eigenvalue weighted by Crippen LogP contribution is -2.53. The first-order valence-corrected chi connectivity index (χ1v) is 5.68. The van der Waals surface area contributed by atoms with Gasteiger partial charge in [-0.3, -0.25) is 4.68 Å². The highest BCUT2D eigenvalue weighted by atomic mass is 15.3. The van der Waals surface area contributed by atoms with Gasteiger partial charge in [0.25, 0.3) is 0 Å². The molecular weight excluding hydrogens is 186 g/mol. The maximum Gasteiger partial charge on any atom is 0.0537 e. The van der Waals surface area contributed by atoms with Crippen molar-refractivity contribution in [3.8, 4) is 0 Å². The minimum Gasteiger partial charge on any atom is -0.309 e. The smallest absolute Gasteiger partial charge is 0.0537 e. The summed E-state index contributed by atoms with van der Waals surface area (Å²) in [7, 11) is 0. The van der Waals surface area contributed by atoms with Gasteiger partial charge < -0.3 is 5.32 Å². The first-order valence-electron chi connectivity index (χ1n) is 5.68. The zero-order chi connectivity index (χ0) is 11.1. The maximum atomic E-state index is 4.34. The van der Waals surface area contributed by atoms with Gasteiger partial charge in [-0.25, -0.2) is 0 Å².